The van der Waals surface area contributed by atoms with Gasteiger partial charge in [0, 0.05) is 16.3 Å². The van der Waals surface area contributed by atoms with Gasteiger partial charge in [0.25, 0.3) is 0 Å². The Morgan fingerprint density at radius 1 is 1.21 bits per heavy atom. The number of rotatable bonds is 1. The Morgan fingerprint density at radius 3 is 2.53 bits per heavy atom. The highest BCUT2D eigenvalue weighted by molar-refractivity contribution is 7.70. The molecule has 3 nitrogen and oxygen atoms in total. The molecule has 1 aromatic rings. The largest absolute Gasteiger partial charge is 0.319 e. The van der Waals surface area contributed by atoms with E-state index in [0.29, 0.717) is 0 Å². The second-order valence-corrected chi connectivity index (χ2v) is 9.45. The highest BCUT2D eigenvalue weighted by atomic mass is 31.2. The van der Waals surface area contributed by atoms with Crippen LogP contribution in [-0.2, 0) is 11.0 Å². The number of benzene rings is 1. The Bertz CT molecular complexity index is 582. The van der Waals surface area contributed by atoms with Crippen LogP contribution >= 0.6 is 7.14 Å². The van der Waals surface area contributed by atoms with Crippen molar-refractivity contribution >= 4 is 18.2 Å². The molecule has 1 N–H and O–H groups in total. The first-order chi connectivity index (χ1) is 8.92. The third-order valence-electron chi connectivity index (χ3n) is 4.53. The van der Waals surface area contributed by atoms with Crippen molar-refractivity contribution in [3.05, 3.63) is 29.3 Å². The van der Waals surface area contributed by atoms with E-state index < -0.39 is 7.14 Å². The first-order valence-electron chi connectivity index (χ1n) is 6.86. The molecule has 1 spiro atoms. The van der Waals surface area contributed by atoms with Crippen molar-refractivity contribution in [1.82, 2.24) is 5.32 Å². The van der Waals surface area contributed by atoms with Gasteiger partial charge in [-0.2, -0.15) is 0 Å². The number of hydrogen-bond donors (Lipinski definition) is 1. The van der Waals surface area contributed by atoms with Crippen molar-refractivity contribution in [3.8, 4) is 0 Å². The van der Waals surface area contributed by atoms with Gasteiger partial charge in [0.1, 0.15) is 7.14 Å². The van der Waals surface area contributed by atoms with Gasteiger partial charge in [0.15, 0.2) is 5.78 Å². The Kier molecular flexibility index (Phi) is 2.95. The van der Waals surface area contributed by atoms with Crippen LogP contribution in [0.3, 0.4) is 0 Å². The quantitative estimate of drug-likeness (QED) is 0.799. The number of carbonyl (C=O) groups is 1. The van der Waals surface area contributed by atoms with Gasteiger partial charge in [-0.25, -0.2) is 0 Å². The van der Waals surface area contributed by atoms with E-state index in [1.807, 2.05) is 18.2 Å². The maximum absolute atomic E-state index is 12.7. The summed E-state index contributed by atoms with van der Waals surface area (Å²) in [6.07, 6.45) is 2.71. The minimum absolute atomic E-state index is 0.183. The molecule has 1 aliphatic heterocycles. The molecule has 3 rings (SSSR count). The van der Waals surface area contributed by atoms with Crippen LogP contribution in [0.15, 0.2) is 18.2 Å². The molecule has 1 aromatic carbocycles. The van der Waals surface area contributed by atoms with E-state index in [9.17, 15) is 9.36 Å². The summed E-state index contributed by atoms with van der Waals surface area (Å²) in [6, 6.07) is 5.83. The molecule has 0 aromatic heterocycles. The van der Waals surface area contributed by atoms with Crippen LogP contribution < -0.4 is 10.6 Å². The third kappa shape index (κ3) is 2.09. The first kappa shape index (κ1) is 13.1. The van der Waals surface area contributed by atoms with Gasteiger partial charge in [-0.05, 0) is 57.3 Å². The van der Waals surface area contributed by atoms with Crippen LogP contribution in [0.4, 0.5) is 0 Å². The standard InChI is InChI=1S/C15H20NO2P/c1-19(2,18)12-4-3-11-10-15(5-7-16-8-6-15)14(17)13(11)9-12/h3-4,9,16H,5-8,10H2,1-2H3. The molecule has 0 bridgehead atoms. The molecule has 1 fully saturated rings. The molecule has 2 aliphatic rings. The SMILES string of the molecule is CP(C)(=O)c1ccc2c(c1)C(=O)C1(CCNCC1)C2. The summed E-state index contributed by atoms with van der Waals surface area (Å²) in [7, 11) is -2.29. The van der Waals surface area contributed by atoms with E-state index in [1.54, 1.807) is 13.3 Å². The monoisotopic (exact) mass is 277 g/mol. The van der Waals surface area contributed by atoms with Gasteiger partial charge in [-0.15, -0.1) is 0 Å². The zero-order valence-corrected chi connectivity index (χ0v) is 12.4. The summed E-state index contributed by atoms with van der Waals surface area (Å²) in [4.78, 5) is 12.7. The van der Waals surface area contributed by atoms with Crippen molar-refractivity contribution in [2.45, 2.75) is 19.3 Å². The molecule has 102 valence electrons. The Balaban J connectivity index is 2.02. The molecule has 0 atom stereocenters. The molecule has 0 radical (unpaired) electrons. The van der Waals surface area contributed by atoms with Crippen LogP contribution in [0, 0.1) is 5.41 Å². The van der Waals surface area contributed by atoms with Crippen molar-refractivity contribution in [1.29, 1.82) is 0 Å². The third-order valence-corrected chi connectivity index (χ3v) is 6.05. The lowest BCUT2D eigenvalue weighted by Crippen LogP contribution is -2.40. The van der Waals surface area contributed by atoms with Gasteiger partial charge in [-0.3, -0.25) is 4.79 Å². The number of hydrogen-bond acceptors (Lipinski definition) is 3. The summed E-state index contributed by atoms with van der Waals surface area (Å²) in [5.41, 5.74) is 1.78. The van der Waals surface area contributed by atoms with Crippen molar-refractivity contribution in [3.63, 3.8) is 0 Å². The molecule has 0 amide bonds. The van der Waals surface area contributed by atoms with Crippen LogP contribution in [0.2, 0.25) is 0 Å². The average Bonchev–Trinajstić information content (AvgIpc) is 2.62. The number of ketones is 1. The molecule has 1 heterocycles. The second-order valence-electron chi connectivity index (χ2n) is 6.23. The smallest absolute Gasteiger partial charge is 0.169 e. The lowest BCUT2D eigenvalue weighted by Gasteiger charge is -2.31. The summed E-state index contributed by atoms with van der Waals surface area (Å²) in [6.45, 7) is 5.36. The van der Waals surface area contributed by atoms with Crippen molar-refractivity contribution in [2.75, 3.05) is 26.4 Å². The fraction of sp³-hybridized carbons (Fsp3) is 0.533. The topological polar surface area (TPSA) is 46.2 Å². The fourth-order valence-corrected chi connectivity index (χ4v) is 4.18. The lowest BCUT2D eigenvalue weighted by molar-refractivity contribution is 0.0762. The van der Waals surface area contributed by atoms with Gasteiger partial charge in [-0.1, -0.05) is 12.1 Å². The first-order valence-corrected chi connectivity index (χ1v) is 9.47. The number of carbonyl (C=O) groups excluding carboxylic acids is 1. The predicted molar refractivity (Wildman–Crippen MR) is 78.1 cm³/mol. The van der Waals surface area contributed by atoms with Crippen LogP contribution in [-0.4, -0.2) is 32.2 Å². The maximum Gasteiger partial charge on any atom is 0.169 e. The highest BCUT2D eigenvalue weighted by Crippen LogP contribution is 2.44. The summed E-state index contributed by atoms with van der Waals surface area (Å²) in [5, 5.41) is 4.15. The number of nitrogens with one attached hydrogen (secondary N) is 1. The van der Waals surface area contributed by atoms with Crippen LogP contribution in [0.25, 0.3) is 0 Å². The summed E-state index contributed by atoms with van der Waals surface area (Å²) >= 11 is 0. The Hall–Kier alpha value is -0.920. The van der Waals surface area contributed by atoms with Gasteiger partial charge >= 0.3 is 0 Å². The number of piperidine rings is 1. The summed E-state index contributed by atoms with van der Waals surface area (Å²) < 4.78 is 12.2. The van der Waals surface area contributed by atoms with Gasteiger partial charge in [0.05, 0.1) is 0 Å². The van der Waals surface area contributed by atoms with E-state index in [1.165, 1.54) is 0 Å². The minimum atomic E-state index is -2.29. The van der Waals surface area contributed by atoms with Gasteiger partial charge in [0.2, 0.25) is 0 Å². The molecule has 0 unspecified atom stereocenters. The lowest BCUT2D eigenvalue weighted by atomic mass is 9.75. The molecule has 4 heteroatoms. The Morgan fingerprint density at radius 2 is 1.89 bits per heavy atom. The molecular formula is C15H20NO2P. The number of fused-ring (bicyclic) bond motifs is 1. The fourth-order valence-electron chi connectivity index (χ4n) is 3.30. The van der Waals surface area contributed by atoms with Crippen molar-refractivity contribution in [2.24, 2.45) is 5.41 Å². The minimum Gasteiger partial charge on any atom is -0.319 e. The van der Waals surface area contributed by atoms with Crippen molar-refractivity contribution < 1.29 is 9.36 Å². The number of Topliss-reactive ketones (excluding diaryl/α,β-unsaturated/α-hetero) is 1. The Labute approximate surface area is 114 Å². The highest BCUT2D eigenvalue weighted by Gasteiger charge is 2.45. The van der Waals surface area contributed by atoms with Crippen LogP contribution in [0.5, 0.6) is 0 Å². The molecule has 1 saturated heterocycles. The average molecular weight is 277 g/mol. The zero-order valence-electron chi connectivity index (χ0n) is 11.5. The summed E-state index contributed by atoms with van der Waals surface area (Å²) in [5.74, 6) is 0.277. The van der Waals surface area contributed by atoms with Gasteiger partial charge < -0.3 is 9.88 Å². The van der Waals surface area contributed by atoms with E-state index in [-0.39, 0.29) is 11.2 Å². The normalized spacial score (nSPS) is 21.7. The van der Waals surface area contributed by atoms with E-state index in [2.05, 4.69) is 5.32 Å². The van der Waals surface area contributed by atoms with E-state index in [0.717, 1.165) is 48.8 Å². The molecule has 0 saturated carbocycles. The zero-order chi connectivity index (χ0) is 13.7. The van der Waals surface area contributed by atoms with E-state index >= 15 is 0 Å². The van der Waals surface area contributed by atoms with E-state index in [4.69, 9.17) is 0 Å². The molecule has 1 aliphatic carbocycles. The molecule has 19 heavy (non-hydrogen) atoms. The predicted octanol–water partition coefficient (Wildman–Crippen LogP) is 2.04. The second kappa shape index (κ2) is 4.29. The molecular weight excluding hydrogens is 257 g/mol. The van der Waals surface area contributed by atoms with Crippen LogP contribution in [0.1, 0.15) is 28.8 Å². The maximum atomic E-state index is 12.7.